The lowest BCUT2D eigenvalue weighted by molar-refractivity contribution is -0.128. The van der Waals surface area contributed by atoms with E-state index in [1.165, 1.54) is 0 Å². The summed E-state index contributed by atoms with van der Waals surface area (Å²) in [6.07, 6.45) is 1.57. The van der Waals surface area contributed by atoms with E-state index >= 15 is 0 Å². The van der Waals surface area contributed by atoms with Gasteiger partial charge in [-0.05, 0) is 81.0 Å². The third-order valence-corrected chi connectivity index (χ3v) is 7.45. The minimum Gasteiger partial charge on any atom is -0.393 e. The summed E-state index contributed by atoms with van der Waals surface area (Å²) in [7, 11) is 0. The summed E-state index contributed by atoms with van der Waals surface area (Å²) in [4.78, 5) is 40.6. The van der Waals surface area contributed by atoms with Crippen molar-refractivity contribution in [2.75, 3.05) is 11.4 Å². The first-order valence-corrected chi connectivity index (χ1v) is 14.1. The van der Waals surface area contributed by atoms with Crippen molar-refractivity contribution in [3.05, 3.63) is 89.5 Å². The number of nitrogens with one attached hydrogen (secondary N) is 2. The number of aryl methyl sites for hydroxylation is 1. The normalized spacial score (nSPS) is 16.0. The Kier molecular flexibility index (Phi) is 9.57. The Hall–Kier alpha value is -4.01. The molecular formula is C33H40N4O4. The molecular weight excluding hydrogens is 516 g/mol. The van der Waals surface area contributed by atoms with E-state index in [2.05, 4.69) is 10.6 Å². The van der Waals surface area contributed by atoms with Crippen LogP contribution in [-0.4, -0.2) is 47.1 Å². The maximum absolute atomic E-state index is 13.9. The second-order valence-corrected chi connectivity index (χ2v) is 11.4. The molecule has 0 aliphatic carbocycles. The van der Waals surface area contributed by atoms with Gasteiger partial charge in [-0.2, -0.15) is 0 Å². The van der Waals surface area contributed by atoms with E-state index < -0.39 is 23.6 Å². The maximum Gasteiger partial charge on any atom is 0.249 e. The first kappa shape index (κ1) is 30.0. The van der Waals surface area contributed by atoms with Crippen LogP contribution in [0.5, 0.6) is 0 Å². The van der Waals surface area contributed by atoms with Crippen LogP contribution in [0.1, 0.15) is 61.5 Å². The zero-order chi connectivity index (χ0) is 29.6. The Morgan fingerprint density at radius 2 is 1.73 bits per heavy atom. The molecule has 0 saturated carbocycles. The molecule has 3 aromatic carbocycles. The third-order valence-electron chi connectivity index (χ3n) is 7.45. The van der Waals surface area contributed by atoms with Crippen LogP contribution in [0.4, 0.5) is 5.69 Å². The van der Waals surface area contributed by atoms with Gasteiger partial charge in [-0.25, -0.2) is 0 Å². The molecule has 1 aliphatic rings. The molecule has 8 heteroatoms. The highest BCUT2D eigenvalue weighted by Crippen LogP contribution is 2.30. The van der Waals surface area contributed by atoms with Gasteiger partial charge in [-0.3, -0.25) is 14.4 Å². The Morgan fingerprint density at radius 1 is 1.05 bits per heavy atom. The fourth-order valence-electron chi connectivity index (χ4n) is 5.26. The lowest BCUT2D eigenvalue weighted by atomic mass is 9.98. The zero-order valence-corrected chi connectivity index (χ0v) is 24.0. The molecule has 3 amide bonds. The summed E-state index contributed by atoms with van der Waals surface area (Å²) in [5.74, 6) is -0.823. The van der Waals surface area contributed by atoms with Gasteiger partial charge in [0.25, 0.3) is 0 Å². The predicted octanol–water partition coefficient (Wildman–Crippen LogP) is 3.95. The average molecular weight is 557 g/mol. The van der Waals surface area contributed by atoms with E-state index in [9.17, 15) is 19.5 Å². The predicted molar refractivity (Wildman–Crippen MR) is 161 cm³/mol. The van der Waals surface area contributed by atoms with Gasteiger partial charge in [0, 0.05) is 23.2 Å². The van der Waals surface area contributed by atoms with Crippen LogP contribution in [0.2, 0.25) is 0 Å². The Bertz CT molecular complexity index is 1380. The molecule has 4 rings (SSSR count). The van der Waals surface area contributed by atoms with E-state index in [4.69, 9.17) is 5.73 Å². The number of amides is 3. The first-order valence-electron chi connectivity index (χ1n) is 14.1. The van der Waals surface area contributed by atoms with Crippen molar-refractivity contribution in [3.63, 3.8) is 0 Å². The minimum absolute atomic E-state index is 0.147. The Balaban J connectivity index is 1.51. The van der Waals surface area contributed by atoms with Gasteiger partial charge in [0.15, 0.2) is 0 Å². The van der Waals surface area contributed by atoms with Crippen LogP contribution in [0.25, 0.3) is 11.1 Å². The number of carbonyl (C=O) groups excluding carboxylic acids is 3. The van der Waals surface area contributed by atoms with E-state index in [1.54, 1.807) is 24.0 Å². The molecule has 0 bridgehead atoms. The molecule has 1 unspecified atom stereocenters. The van der Waals surface area contributed by atoms with Crippen molar-refractivity contribution < 1.29 is 19.5 Å². The fourth-order valence-corrected chi connectivity index (χ4v) is 5.26. The lowest BCUT2D eigenvalue weighted by Crippen LogP contribution is -2.51. The van der Waals surface area contributed by atoms with Gasteiger partial charge in [0.05, 0.1) is 12.6 Å². The lowest BCUT2D eigenvalue weighted by Gasteiger charge is -2.29. The molecule has 3 aromatic rings. The van der Waals surface area contributed by atoms with Crippen LogP contribution >= 0.6 is 0 Å². The van der Waals surface area contributed by atoms with Gasteiger partial charge in [-0.15, -0.1) is 0 Å². The average Bonchev–Trinajstić information content (AvgIpc) is 3.05. The standard InChI is InChI=1S/C33H40N4O4/c1-22(38)18-19-35-33(2,3)20-30(39)36-28-17-16-25-8-4-7-11-29(25)37(32(28)41)21-23-12-14-24(15-13-23)26-9-5-6-10-27(26)31(34)40/h4-15,22,28,35,38H,16-21H2,1-3H3,(H2,34,40)(H,36,39)/t22?,28-/m1/s1. The maximum atomic E-state index is 13.9. The Labute approximate surface area is 241 Å². The monoisotopic (exact) mass is 556 g/mol. The minimum atomic E-state index is -0.648. The summed E-state index contributed by atoms with van der Waals surface area (Å²) in [6, 6.07) is 22.2. The molecule has 2 atom stereocenters. The molecule has 41 heavy (non-hydrogen) atoms. The fraction of sp³-hybridized carbons (Fsp3) is 0.364. The number of benzene rings is 3. The highest BCUT2D eigenvalue weighted by Gasteiger charge is 2.32. The number of primary amides is 1. The summed E-state index contributed by atoms with van der Waals surface area (Å²) in [5.41, 5.74) is 9.99. The van der Waals surface area contributed by atoms with E-state index in [-0.39, 0.29) is 18.2 Å². The topological polar surface area (TPSA) is 125 Å². The van der Waals surface area contributed by atoms with Crippen LogP contribution in [0.15, 0.2) is 72.8 Å². The number of aliphatic hydroxyl groups is 1. The zero-order valence-electron chi connectivity index (χ0n) is 24.0. The molecule has 0 aromatic heterocycles. The summed E-state index contributed by atoms with van der Waals surface area (Å²) in [6.45, 7) is 6.55. The molecule has 1 heterocycles. The smallest absolute Gasteiger partial charge is 0.249 e. The summed E-state index contributed by atoms with van der Waals surface area (Å²) in [5, 5.41) is 15.8. The number of rotatable bonds is 11. The van der Waals surface area contributed by atoms with E-state index in [0.29, 0.717) is 37.9 Å². The molecule has 1 aliphatic heterocycles. The first-order chi connectivity index (χ1) is 19.5. The van der Waals surface area contributed by atoms with E-state index in [0.717, 1.165) is 27.9 Å². The van der Waals surface area contributed by atoms with Crippen molar-refractivity contribution in [2.24, 2.45) is 5.73 Å². The van der Waals surface area contributed by atoms with Crippen LogP contribution in [0, 0.1) is 0 Å². The van der Waals surface area contributed by atoms with Crippen molar-refractivity contribution in [3.8, 4) is 11.1 Å². The number of nitrogens with two attached hydrogens (primary N) is 1. The second-order valence-electron chi connectivity index (χ2n) is 11.4. The third kappa shape index (κ3) is 7.80. The number of aliphatic hydroxyl groups excluding tert-OH is 1. The van der Waals surface area contributed by atoms with Gasteiger partial charge >= 0.3 is 0 Å². The number of para-hydroxylation sites is 1. The number of fused-ring (bicyclic) bond motifs is 1. The van der Waals surface area contributed by atoms with Gasteiger partial charge in [-0.1, -0.05) is 60.7 Å². The largest absolute Gasteiger partial charge is 0.393 e. The van der Waals surface area contributed by atoms with Crippen LogP contribution in [-0.2, 0) is 22.6 Å². The van der Waals surface area contributed by atoms with E-state index in [1.807, 2.05) is 74.5 Å². The van der Waals surface area contributed by atoms with Crippen molar-refractivity contribution in [2.45, 2.75) is 70.7 Å². The number of anilines is 1. The van der Waals surface area contributed by atoms with Gasteiger partial charge < -0.3 is 26.4 Å². The van der Waals surface area contributed by atoms with Crippen molar-refractivity contribution in [1.29, 1.82) is 0 Å². The SMILES string of the molecule is CC(O)CCNC(C)(C)CC(=O)N[C@@H]1CCc2ccccc2N(Cc2ccc(-c3ccccc3C(N)=O)cc2)C1=O. The number of carbonyl (C=O) groups is 3. The number of hydrogen-bond donors (Lipinski definition) is 4. The van der Waals surface area contributed by atoms with Crippen LogP contribution < -0.4 is 21.3 Å². The van der Waals surface area contributed by atoms with Gasteiger partial charge in [0.1, 0.15) is 6.04 Å². The van der Waals surface area contributed by atoms with Crippen LogP contribution in [0.3, 0.4) is 0 Å². The summed E-state index contributed by atoms with van der Waals surface area (Å²) < 4.78 is 0. The molecule has 0 fully saturated rings. The second kappa shape index (κ2) is 13.1. The molecule has 0 spiro atoms. The van der Waals surface area contributed by atoms with Crippen molar-refractivity contribution in [1.82, 2.24) is 10.6 Å². The molecule has 0 radical (unpaired) electrons. The van der Waals surface area contributed by atoms with Crippen molar-refractivity contribution >= 4 is 23.4 Å². The quantitative estimate of drug-likeness (QED) is 0.285. The molecule has 216 valence electrons. The highest BCUT2D eigenvalue weighted by atomic mass is 16.3. The highest BCUT2D eigenvalue weighted by molar-refractivity contribution is 6.01. The van der Waals surface area contributed by atoms with Gasteiger partial charge in [0.2, 0.25) is 17.7 Å². The molecule has 0 saturated heterocycles. The molecule has 8 nitrogen and oxygen atoms in total. The molecule has 5 N–H and O–H groups in total. The Morgan fingerprint density at radius 3 is 2.44 bits per heavy atom. The number of hydrogen-bond acceptors (Lipinski definition) is 5. The summed E-state index contributed by atoms with van der Waals surface area (Å²) >= 11 is 0. The number of nitrogens with zero attached hydrogens (tertiary/aromatic N) is 1.